The molecule has 0 aromatic heterocycles. The van der Waals surface area contributed by atoms with Gasteiger partial charge in [-0.3, -0.25) is 14.5 Å². The van der Waals surface area contributed by atoms with Gasteiger partial charge in [0.2, 0.25) is 11.8 Å². The Labute approximate surface area is 286 Å². The molecule has 2 fully saturated rings. The molecule has 256 valence electrons. The molecular weight excluding hydrogens is 636 g/mol. The van der Waals surface area contributed by atoms with Crippen molar-refractivity contribution >= 4 is 35.2 Å². The van der Waals surface area contributed by atoms with E-state index in [0.717, 1.165) is 35.3 Å². The first-order chi connectivity index (χ1) is 23.4. The second-order valence-corrected chi connectivity index (χ2v) is 12.1. The van der Waals surface area contributed by atoms with Gasteiger partial charge >= 0.3 is 6.09 Å². The van der Waals surface area contributed by atoms with Crippen molar-refractivity contribution in [3.63, 3.8) is 0 Å². The van der Waals surface area contributed by atoms with E-state index in [1.165, 1.54) is 7.05 Å². The summed E-state index contributed by atoms with van der Waals surface area (Å²) in [5.41, 5.74) is 3.39. The number of carbonyl (C=O) groups excluding carboxylic acids is 3. The first-order valence-corrected chi connectivity index (χ1v) is 16.6. The third-order valence-electron chi connectivity index (χ3n) is 8.30. The summed E-state index contributed by atoms with van der Waals surface area (Å²) in [6.07, 6.45) is 2.53. The minimum absolute atomic E-state index is 0.0853. The number of methoxy groups -OCH3 is 1. The van der Waals surface area contributed by atoms with Crippen LogP contribution in [0.4, 0.5) is 10.5 Å². The number of para-hydroxylation sites is 1. The third kappa shape index (κ3) is 9.40. The highest BCUT2D eigenvalue weighted by atomic mass is 35.5. The summed E-state index contributed by atoms with van der Waals surface area (Å²) in [4.78, 5) is 42.2. The van der Waals surface area contributed by atoms with Gasteiger partial charge in [0.1, 0.15) is 17.5 Å². The fourth-order valence-electron chi connectivity index (χ4n) is 5.63. The average Bonchev–Trinajstić information content (AvgIpc) is 3.95. The maximum Gasteiger partial charge on any atom is 0.406 e. The van der Waals surface area contributed by atoms with Crippen molar-refractivity contribution in [3.8, 4) is 11.5 Å². The molecule has 1 heterocycles. The summed E-state index contributed by atoms with van der Waals surface area (Å²) in [7, 11) is 3.16. The van der Waals surface area contributed by atoms with Crippen LogP contribution in [0.25, 0.3) is 0 Å². The van der Waals surface area contributed by atoms with E-state index >= 15 is 0 Å². The molecule has 3 aromatic rings. The maximum absolute atomic E-state index is 14.2. The van der Waals surface area contributed by atoms with E-state index in [0.29, 0.717) is 62.2 Å². The molecule has 5 rings (SSSR count). The molecule has 1 aliphatic carbocycles. The van der Waals surface area contributed by atoms with Crippen LogP contribution >= 0.6 is 11.6 Å². The summed E-state index contributed by atoms with van der Waals surface area (Å²) in [6, 6.07) is 20.1. The highest BCUT2D eigenvalue weighted by Crippen LogP contribution is 2.33. The van der Waals surface area contributed by atoms with Gasteiger partial charge < -0.3 is 34.5 Å². The first-order valence-electron chi connectivity index (χ1n) is 16.3. The number of nitrogens with one attached hydrogen (secondary N) is 2. The molecule has 1 atom stereocenters. The fraction of sp³-hybridized carbons (Fsp3) is 0.417. The van der Waals surface area contributed by atoms with E-state index in [2.05, 4.69) is 10.6 Å². The van der Waals surface area contributed by atoms with Gasteiger partial charge in [0, 0.05) is 55.3 Å². The molecule has 11 nitrogen and oxygen atoms in total. The Balaban J connectivity index is 1.18. The molecule has 2 N–H and O–H groups in total. The van der Waals surface area contributed by atoms with Crippen molar-refractivity contribution in [3.05, 3.63) is 88.4 Å². The lowest BCUT2D eigenvalue weighted by Crippen LogP contribution is -2.61. The number of alkyl carbamates (subject to hydrolysis) is 1. The van der Waals surface area contributed by atoms with Crippen molar-refractivity contribution in [2.24, 2.45) is 0 Å². The molecule has 3 aromatic carbocycles. The van der Waals surface area contributed by atoms with E-state index in [-0.39, 0.29) is 31.0 Å². The number of rotatable bonds is 16. The topological polar surface area (TPSA) is 119 Å². The summed E-state index contributed by atoms with van der Waals surface area (Å²) in [5.74, 6) is 1.17. The number of hydrogen-bond acceptors (Lipinski definition) is 8. The number of hydrogen-bond donors (Lipinski definition) is 2. The largest absolute Gasteiger partial charge is 0.496 e. The lowest BCUT2D eigenvalue weighted by Gasteiger charge is -2.38. The van der Waals surface area contributed by atoms with Crippen LogP contribution in [0.3, 0.4) is 0 Å². The molecule has 0 spiro atoms. The van der Waals surface area contributed by atoms with Crippen LogP contribution in [0.15, 0.2) is 66.7 Å². The minimum Gasteiger partial charge on any atom is -0.496 e. The monoisotopic (exact) mass is 678 g/mol. The Morgan fingerprint density at radius 3 is 2.56 bits per heavy atom. The summed E-state index contributed by atoms with van der Waals surface area (Å²) >= 11 is 6.59. The van der Waals surface area contributed by atoms with Gasteiger partial charge in [0.15, 0.2) is 0 Å². The number of ether oxygens (including phenoxy) is 4. The number of anilines is 1. The van der Waals surface area contributed by atoms with Crippen LogP contribution < -0.4 is 25.0 Å². The van der Waals surface area contributed by atoms with Gasteiger partial charge in [0.05, 0.1) is 40.1 Å². The molecule has 2 aliphatic rings. The summed E-state index contributed by atoms with van der Waals surface area (Å²) < 4.78 is 22.2. The molecule has 0 radical (unpaired) electrons. The predicted molar refractivity (Wildman–Crippen MR) is 182 cm³/mol. The number of amides is 3. The zero-order chi connectivity index (χ0) is 33.9. The Hall–Kier alpha value is -4.32. The molecule has 12 heteroatoms. The molecule has 3 amide bonds. The summed E-state index contributed by atoms with van der Waals surface area (Å²) in [5, 5.41) is 6.10. The van der Waals surface area contributed by atoms with Crippen LogP contribution in [0, 0.1) is 0 Å². The number of halogens is 1. The summed E-state index contributed by atoms with van der Waals surface area (Å²) in [6.45, 7) is 2.50. The van der Waals surface area contributed by atoms with Crippen LogP contribution in [-0.4, -0.2) is 82.0 Å². The molecule has 0 unspecified atom stereocenters. The molecule has 48 heavy (non-hydrogen) atoms. The van der Waals surface area contributed by atoms with Crippen LogP contribution in [0.2, 0.25) is 5.02 Å². The van der Waals surface area contributed by atoms with Crippen molar-refractivity contribution in [2.75, 3.05) is 52.0 Å². The van der Waals surface area contributed by atoms with Crippen molar-refractivity contribution in [1.82, 2.24) is 15.5 Å². The van der Waals surface area contributed by atoms with Crippen molar-refractivity contribution in [2.45, 2.75) is 50.9 Å². The molecule has 1 saturated carbocycles. The molecule has 1 saturated heterocycles. The van der Waals surface area contributed by atoms with E-state index in [4.69, 9.17) is 30.5 Å². The Morgan fingerprint density at radius 2 is 1.81 bits per heavy atom. The maximum atomic E-state index is 14.2. The van der Waals surface area contributed by atoms with Crippen molar-refractivity contribution < 1.29 is 33.3 Å². The second kappa shape index (κ2) is 17.2. The molecule has 1 aliphatic heterocycles. The zero-order valence-corrected chi connectivity index (χ0v) is 28.2. The second-order valence-electron chi connectivity index (χ2n) is 11.7. The van der Waals surface area contributed by atoms with Crippen LogP contribution in [-0.2, 0) is 38.6 Å². The lowest BCUT2D eigenvalue weighted by molar-refractivity contribution is -0.136. The van der Waals surface area contributed by atoms with E-state index in [1.807, 2.05) is 65.6 Å². The number of benzene rings is 3. The predicted octanol–water partition coefficient (Wildman–Crippen LogP) is 4.73. The molecule has 0 bridgehead atoms. The minimum atomic E-state index is -0.707. The van der Waals surface area contributed by atoms with Gasteiger partial charge in [-0.1, -0.05) is 41.9 Å². The van der Waals surface area contributed by atoms with Crippen LogP contribution in [0.5, 0.6) is 11.5 Å². The van der Waals surface area contributed by atoms with Crippen molar-refractivity contribution in [1.29, 1.82) is 0 Å². The van der Waals surface area contributed by atoms with Gasteiger partial charge in [-0.15, -0.1) is 0 Å². The van der Waals surface area contributed by atoms with E-state index in [9.17, 15) is 14.4 Å². The Kier molecular flexibility index (Phi) is 12.5. The van der Waals surface area contributed by atoms with Gasteiger partial charge in [0.25, 0.3) is 0 Å². The number of piperazine rings is 1. The Bertz CT molecular complexity index is 1550. The molecular formula is C36H43ClN4O7. The number of nitrogens with zero attached hydrogens (tertiary/aromatic N) is 2. The van der Waals surface area contributed by atoms with Gasteiger partial charge in [-0.25, -0.2) is 4.79 Å². The highest BCUT2D eigenvalue weighted by molar-refractivity contribution is 6.31. The Morgan fingerprint density at radius 1 is 1.02 bits per heavy atom. The lowest BCUT2D eigenvalue weighted by atomic mass is 10.1. The normalized spacial score (nSPS) is 15.9. The highest BCUT2D eigenvalue weighted by Gasteiger charge is 2.41. The smallest absolute Gasteiger partial charge is 0.406 e. The van der Waals surface area contributed by atoms with Gasteiger partial charge in [-0.2, -0.15) is 0 Å². The average molecular weight is 679 g/mol. The zero-order valence-electron chi connectivity index (χ0n) is 27.4. The SMILES string of the molecule is CNC(=O)OCCc1ccc(Cl)c(CN(C(=O)[C@H]2CNCC(=O)N2c2ccc(OCCCOCc3ccccc3OC)cc2)C2CC2)c1. The third-order valence-corrected chi connectivity index (χ3v) is 8.66. The van der Waals surface area contributed by atoms with Crippen LogP contribution in [0.1, 0.15) is 36.0 Å². The number of carbonyl (C=O) groups is 3. The van der Waals surface area contributed by atoms with E-state index < -0.39 is 12.1 Å². The first kappa shape index (κ1) is 35.0. The quantitative estimate of drug-likeness (QED) is 0.209. The fourth-order valence-corrected chi connectivity index (χ4v) is 5.81. The standard InChI is InChI=1S/C36H43ClN4O7/c1-38-36(44)48-19-16-25-8-15-31(37)27(20-25)23-40(28-9-10-28)35(43)32-21-39-22-34(42)41(32)29-11-13-30(14-12-29)47-18-5-17-46-24-26-6-3-4-7-33(26)45-2/h3-4,6-8,11-15,20,28,32,39H,5,9-10,16-19,21-24H2,1-2H3,(H,38,44)/t32-/m1/s1. The van der Waals surface area contributed by atoms with E-state index in [1.54, 1.807) is 18.1 Å². The van der Waals surface area contributed by atoms with Gasteiger partial charge in [-0.05, 0) is 60.4 Å².